The number of nitrogen functional groups attached to an aromatic ring is 1. The first-order valence-corrected chi connectivity index (χ1v) is 5.04. The zero-order valence-electron chi connectivity index (χ0n) is 8.80. The van der Waals surface area contributed by atoms with Crippen molar-refractivity contribution in [2.45, 2.75) is 6.04 Å². The molecule has 0 spiro atoms. The molecular weight excluding hydrogens is 208 g/mol. The number of rotatable bonds is 2. The van der Waals surface area contributed by atoms with Gasteiger partial charge in [0.15, 0.2) is 0 Å². The van der Waals surface area contributed by atoms with Crippen LogP contribution in [-0.2, 0) is 9.53 Å². The van der Waals surface area contributed by atoms with E-state index in [9.17, 15) is 4.79 Å². The summed E-state index contributed by atoms with van der Waals surface area (Å²) < 4.78 is 5.23. The van der Waals surface area contributed by atoms with Gasteiger partial charge in [0.25, 0.3) is 0 Å². The Morgan fingerprint density at radius 2 is 2.44 bits per heavy atom. The lowest BCUT2D eigenvalue weighted by Crippen LogP contribution is -2.52. The Balaban J connectivity index is 2.30. The second-order valence-corrected chi connectivity index (χ2v) is 3.59. The fourth-order valence-electron chi connectivity index (χ4n) is 1.78. The molecule has 2 rings (SSSR count). The summed E-state index contributed by atoms with van der Waals surface area (Å²) in [6, 6.07) is 3.13. The zero-order valence-corrected chi connectivity index (χ0v) is 8.80. The van der Waals surface area contributed by atoms with Crippen LogP contribution in [-0.4, -0.2) is 36.7 Å². The minimum atomic E-state index is -0.472. The number of ether oxygens (including phenoxy) is 1. The molecule has 86 valence electrons. The summed E-state index contributed by atoms with van der Waals surface area (Å²) in [5.41, 5.74) is 11.8. The molecule has 0 saturated carbocycles. The highest BCUT2D eigenvalue weighted by atomic mass is 16.5. The van der Waals surface area contributed by atoms with Gasteiger partial charge in [-0.3, -0.25) is 4.79 Å². The molecule has 6 heteroatoms. The average Bonchev–Trinajstić information content (AvgIpc) is 2.29. The molecule has 1 amide bonds. The standard InChI is InChI=1S/C10H14N4O2/c11-9-7(2-1-3-13-9)14-4-5-16-6-8(14)10(12)15/h1-3,8H,4-6H2,(H2,11,13)(H2,12,15). The summed E-state index contributed by atoms with van der Waals surface area (Å²) in [7, 11) is 0. The Morgan fingerprint density at radius 1 is 1.62 bits per heavy atom. The number of hydrogen-bond donors (Lipinski definition) is 2. The van der Waals surface area contributed by atoms with E-state index in [2.05, 4.69) is 4.98 Å². The van der Waals surface area contributed by atoms with Crippen LogP contribution < -0.4 is 16.4 Å². The van der Waals surface area contributed by atoms with Gasteiger partial charge in [-0.1, -0.05) is 0 Å². The summed E-state index contributed by atoms with van der Waals surface area (Å²) >= 11 is 0. The molecule has 1 unspecified atom stereocenters. The Morgan fingerprint density at radius 3 is 3.12 bits per heavy atom. The van der Waals surface area contributed by atoms with Gasteiger partial charge in [0.2, 0.25) is 5.91 Å². The molecule has 0 radical (unpaired) electrons. The maximum absolute atomic E-state index is 11.3. The normalized spacial score (nSPS) is 20.8. The number of carbonyl (C=O) groups excluding carboxylic acids is 1. The van der Waals surface area contributed by atoms with Crippen LogP contribution in [0.2, 0.25) is 0 Å². The molecule has 1 aromatic heterocycles. The van der Waals surface area contributed by atoms with Crippen molar-refractivity contribution in [3.63, 3.8) is 0 Å². The van der Waals surface area contributed by atoms with Gasteiger partial charge in [-0.2, -0.15) is 0 Å². The van der Waals surface area contributed by atoms with E-state index in [4.69, 9.17) is 16.2 Å². The number of primary amides is 1. The van der Waals surface area contributed by atoms with E-state index in [0.717, 1.165) is 5.69 Å². The van der Waals surface area contributed by atoms with Gasteiger partial charge in [-0.05, 0) is 12.1 Å². The van der Waals surface area contributed by atoms with Crippen molar-refractivity contribution in [3.05, 3.63) is 18.3 Å². The minimum absolute atomic E-state index is 0.295. The molecular formula is C10H14N4O2. The van der Waals surface area contributed by atoms with E-state index < -0.39 is 11.9 Å². The Labute approximate surface area is 93.2 Å². The molecule has 1 saturated heterocycles. The molecule has 1 aliphatic heterocycles. The predicted molar refractivity (Wildman–Crippen MR) is 59.8 cm³/mol. The fraction of sp³-hybridized carbons (Fsp3) is 0.400. The molecule has 0 aromatic carbocycles. The highest BCUT2D eigenvalue weighted by Gasteiger charge is 2.28. The summed E-state index contributed by atoms with van der Waals surface area (Å²) in [4.78, 5) is 17.1. The second kappa shape index (κ2) is 4.36. The summed E-state index contributed by atoms with van der Waals surface area (Å²) in [5.74, 6) is -0.0152. The van der Waals surface area contributed by atoms with Crippen molar-refractivity contribution in [2.24, 2.45) is 5.73 Å². The van der Waals surface area contributed by atoms with Crippen molar-refractivity contribution in [1.29, 1.82) is 0 Å². The fourth-order valence-corrected chi connectivity index (χ4v) is 1.78. The third-order valence-corrected chi connectivity index (χ3v) is 2.58. The molecule has 1 fully saturated rings. The molecule has 0 bridgehead atoms. The molecule has 1 atom stereocenters. The highest BCUT2D eigenvalue weighted by molar-refractivity contribution is 5.85. The van der Waals surface area contributed by atoms with Crippen LogP contribution in [0.4, 0.5) is 11.5 Å². The lowest BCUT2D eigenvalue weighted by Gasteiger charge is -2.35. The third-order valence-electron chi connectivity index (χ3n) is 2.58. The largest absolute Gasteiger partial charge is 0.382 e. The van der Waals surface area contributed by atoms with Gasteiger partial charge in [0, 0.05) is 12.7 Å². The van der Waals surface area contributed by atoms with Gasteiger partial charge < -0.3 is 21.1 Å². The van der Waals surface area contributed by atoms with Crippen LogP contribution in [0.1, 0.15) is 0 Å². The predicted octanol–water partition coefficient (Wildman–Crippen LogP) is -0.646. The first-order valence-electron chi connectivity index (χ1n) is 5.04. The summed E-state index contributed by atoms with van der Waals surface area (Å²) in [6.45, 7) is 1.44. The number of nitrogens with zero attached hydrogens (tertiary/aromatic N) is 2. The van der Waals surface area contributed by atoms with Crippen LogP contribution in [0.25, 0.3) is 0 Å². The van der Waals surface area contributed by atoms with Crippen molar-refractivity contribution in [3.8, 4) is 0 Å². The monoisotopic (exact) mass is 222 g/mol. The molecule has 2 heterocycles. The van der Waals surface area contributed by atoms with Crippen LogP contribution in [0.3, 0.4) is 0 Å². The Hall–Kier alpha value is -1.82. The Kier molecular flexibility index (Phi) is 2.91. The van der Waals surface area contributed by atoms with E-state index in [1.165, 1.54) is 0 Å². The highest BCUT2D eigenvalue weighted by Crippen LogP contribution is 2.23. The molecule has 4 N–H and O–H groups in total. The van der Waals surface area contributed by atoms with Crippen LogP contribution in [0, 0.1) is 0 Å². The quantitative estimate of drug-likeness (QED) is 0.693. The SMILES string of the molecule is NC(=O)C1COCCN1c1cccnc1N. The maximum atomic E-state index is 11.3. The van der Waals surface area contributed by atoms with Crippen LogP contribution in [0.5, 0.6) is 0 Å². The molecule has 1 aliphatic rings. The number of aromatic nitrogens is 1. The number of pyridine rings is 1. The first kappa shape index (κ1) is 10.7. The smallest absolute Gasteiger partial charge is 0.242 e. The maximum Gasteiger partial charge on any atom is 0.242 e. The number of nitrogens with two attached hydrogens (primary N) is 2. The molecule has 0 aliphatic carbocycles. The van der Waals surface area contributed by atoms with Gasteiger partial charge in [-0.25, -0.2) is 4.98 Å². The number of amides is 1. The summed E-state index contributed by atoms with van der Waals surface area (Å²) in [6.07, 6.45) is 1.61. The van der Waals surface area contributed by atoms with Crippen LogP contribution >= 0.6 is 0 Å². The topological polar surface area (TPSA) is 94.5 Å². The van der Waals surface area contributed by atoms with E-state index >= 15 is 0 Å². The van der Waals surface area contributed by atoms with Crippen LogP contribution in [0.15, 0.2) is 18.3 Å². The second-order valence-electron chi connectivity index (χ2n) is 3.59. The molecule has 6 nitrogen and oxygen atoms in total. The van der Waals surface area contributed by atoms with Gasteiger partial charge in [0.05, 0.1) is 18.9 Å². The van der Waals surface area contributed by atoms with Crippen molar-refractivity contribution < 1.29 is 9.53 Å². The van der Waals surface area contributed by atoms with E-state index in [1.807, 2.05) is 11.0 Å². The number of anilines is 2. The van der Waals surface area contributed by atoms with E-state index in [-0.39, 0.29) is 0 Å². The van der Waals surface area contributed by atoms with Gasteiger partial charge in [-0.15, -0.1) is 0 Å². The van der Waals surface area contributed by atoms with Crippen molar-refractivity contribution >= 4 is 17.4 Å². The van der Waals surface area contributed by atoms with Gasteiger partial charge >= 0.3 is 0 Å². The lowest BCUT2D eigenvalue weighted by molar-refractivity contribution is -0.121. The zero-order chi connectivity index (χ0) is 11.5. The third kappa shape index (κ3) is 1.92. The van der Waals surface area contributed by atoms with Crippen molar-refractivity contribution in [1.82, 2.24) is 4.98 Å². The number of morpholine rings is 1. The number of carbonyl (C=O) groups is 1. The summed E-state index contributed by atoms with van der Waals surface area (Å²) in [5, 5.41) is 0. The van der Waals surface area contributed by atoms with E-state index in [1.54, 1.807) is 12.3 Å². The van der Waals surface area contributed by atoms with Gasteiger partial charge in [0.1, 0.15) is 11.9 Å². The lowest BCUT2D eigenvalue weighted by atomic mass is 10.2. The Bertz CT molecular complexity index is 396. The minimum Gasteiger partial charge on any atom is -0.382 e. The molecule has 1 aromatic rings. The molecule has 16 heavy (non-hydrogen) atoms. The average molecular weight is 222 g/mol. The van der Waals surface area contributed by atoms with Crippen molar-refractivity contribution in [2.75, 3.05) is 30.4 Å². The number of hydrogen-bond acceptors (Lipinski definition) is 5. The van der Waals surface area contributed by atoms with E-state index in [0.29, 0.717) is 25.6 Å². The first-order chi connectivity index (χ1) is 7.70.